The van der Waals surface area contributed by atoms with Gasteiger partial charge in [-0.05, 0) is 56.9 Å². The molecule has 2 aromatic rings. The fourth-order valence-electron chi connectivity index (χ4n) is 4.56. The molecule has 0 unspecified atom stereocenters. The maximum absolute atomic E-state index is 6.04. The SMILES string of the molecule is CC(C)Oc1ccccc1N1CCN(Cc2cccc(C(=S)N3CCCCC3)c2)CC1.Cl. The van der Waals surface area contributed by atoms with E-state index in [-0.39, 0.29) is 18.5 Å². The molecule has 0 N–H and O–H groups in total. The minimum atomic E-state index is 0. The number of ether oxygens (including phenoxy) is 1. The summed E-state index contributed by atoms with van der Waals surface area (Å²) in [6.45, 7) is 11.5. The van der Waals surface area contributed by atoms with Gasteiger partial charge in [0.1, 0.15) is 10.7 Å². The number of nitrogens with zero attached hydrogens (tertiary/aromatic N) is 3. The predicted octanol–water partition coefficient (Wildman–Crippen LogP) is 5.38. The molecule has 0 amide bonds. The molecule has 0 aromatic heterocycles. The molecule has 2 saturated heterocycles. The second kappa shape index (κ2) is 11.9. The van der Waals surface area contributed by atoms with Gasteiger partial charge in [0.05, 0.1) is 11.8 Å². The van der Waals surface area contributed by atoms with Crippen molar-refractivity contribution < 1.29 is 4.74 Å². The smallest absolute Gasteiger partial charge is 0.142 e. The van der Waals surface area contributed by atoms with Crippen LogP contribution in [0.2, 0.25) is 0 Å². The number of hydrogen-bond donors (Lipinski definition) is 0. The van der Waals surface area contributed by atoms with E-state index >= 15 is 0 Å². The molecule has 0 atom stereocenters. The Morgan fingerprint density at radius 3 is 2.34 bits per heavy atom. The summed E-state index contributed by atoms with van der Waals surface area (Å²) in [6.07, 6.45) is 4.04. The van der Waals surface area contributed by atoms with Gasteiger partial charge in [-0.15, -0.1) is 12.4 Å². The predicted molar refractivity (Wildman–Crippen MR) is 141 cm³/mol. The highest BCUT2D eigenvalue weighted by atomic mass is 35.5. The largest absolute Gasteiger partial charge is 0.489 e. The quantitative estimate of drug-likeness (QED) is 0.523. The van der Waals surface area contributed by atoms with Crippen LogP contribution in [-0.4, -0.2) is 60.2 Å². The van der Waals surface area contributed by atoms with E-state index in [1.54, 1.807) is 0 Å². The van der Waals surface area contributed by atoms with Crippen molar-refractivity contribution in [3.8, 4) is 5.75 Å². The molecule has 0 spiro atoms. The van der Waals surface area contributed by atoms with Gasteiger partial charge in [-0.1, -0.05) is 42.5 Å². The molecule has 0 aliphatic carbocycles. The standard InChI is InChI=1S/C26H35N3OS.ClH/c1-21(2)30-25-12-5-4-11-24(25)28-17-15-27(16-18-28)20-22-9-8-10-23(19-22)26(31)29-13-6-3-7-14-29;/h4-5,8-12,19,21H,3,6-7,13-18,20H2,1-2H3;1H. The van der Waals surface area contributed by atoms with Gasteiger partial charge in [0.25, 0.3) is 0 Å². The molecular formula is C26H36ClN3OS. The summed E-state index contributed by atoms with van der Waals surface area (Å²) in [5.74, 6) is 0.991. The van der Waals surface area contributed by atoms with Crippen LogP contribution in [0, 0.1) is 0 Å². The molecule has 4 nitrogen and oxygen atoms in total. The Bertz CT molecular complexity index is 877. The first kappa shape index (κ1) is 24.8. The van der Waals surface area contributed by atoms with Gasteiger partial charge >= 0.3 is 0 Å². The van der Waals surface area contributed by atoms with Crippen molar-refractivity contribution in [3.63, 3.8) is 0 Å². The highest BCUT2D eigenvalue weighted by Crippen LogP contribution is 2.30. The van der Waals surface area contributed by atoms with Crippen LogP contribution in [0.1, 0.15) is 44.2 Å². The van der Waals surface area contributed by atoms with Crippen molar-refractivity contribution in [1.82, 2.24) is 9.80 Å². The zero-order chi connectivity index (χ0) is 21.6. The summed E-state index contributed by atoms with van der Waals surface area (Å²) in [5.41, 5.74) is 3.77. The van der Waals surface area contributed by atoms with Crippen LogP contribution in [0.25, 0.3) is 0 Å². The molecule has 2 heterocycles. The Morgan fingerprint density at radius 2 is 1.62 bits per heavy atom. The minimum absolute atomic E-state index is 0. The lowest BCUT2D eigenvalue weighted by atomic mass is 10.1. The van der Waals surface area contributed by atoms with Gasteiger partial charge in [0.2, 0.25) is 0 Å². The second-order valence-corrected chi connectivity index (χ2v) is 9.34. The number of anilines is 1. The van der Waals surface area contributed by atoms with E-state index < -0.39 is 0 Å². The van der Waals surface area contributed by atoms with E-state index in [4.69, 9.17) is 17.0 Å². The molecule has 174 valence electrons. The normalized spacial score (nSPS) is 17.2. The number of piperidine rings is 1. The number of hydrogen-bond acceptors (Lipinski definition) is 4. The number of benzene rings is 2. The third kappa shape index (κ3) is 6.37. The summed E-state index contributed by atoms with van der Waals surface area (Å²) < 4.78 is 6.04. The third-order valence-electron chi connectivity index (χ3n) is 6.16. The Kier molecular flexibility index (Phi) is 9.21. The van der Waals surface area contributed by atoms with Crippen molar-refractivity contribution in [3.05, 3.63) is 59.7 Å². The van der Waals surface area contributed by atoms with Crippen LogP contribution in [0.5, 0.6) is 5.75 Å². The van der Waals surface area contributed by atoms with E-state index in [0.29, 0.717) is 0 Å². The molecule has 2 aliphatic heterocycles. The van der Waals surface area contributed by atoms with Gasteiger partial charge in [-0.2, -0.15) is 0 Å². The molecule has 6 heteroatoms. The van der Waals surface area contributed by atoms with Crippen molar-refractivity contribution >= 4 is 35.3 Å². The molecule has 2 fully saturated rings. The number of rotatable bonds is 6. The van der Waals surface area contributed by atoms with Crippen LogP contribution < -0.4 is 9.64 Å². The minimum Gasteiger partial charge on any atom is -0.489 e. The average Bonchev–Trinajstić information content (AvgIpc) is 2.80. The van der Waals surface area contributed by atoms with Crippen molar-refractivity contribution in [2.45, 2.75) is 45.8 Å². The van der Waals surface area contributed by atoms with E-state index in [0.717, 1.165) is 56.6 Å². The van der Waals surface area contributed by atoms with Crippen molar-refractivity contribution in [1.29, 1.82) is 0 Å². The van der Waals surface area contributed by atoms with Crippen LogP contribution in [0.4, 0.5) is 5.69 Å². The summed E-state index contributed by atoms with van der Waals surface area (Å²) >= 11 is 5.81. The van der Waals surface area contributed by atoms with E-state index in [1.165, 1.54) is 36.1 Å². The molecule has 32 heavy (non-hydrogen) atoms. The second-order valence-electron chi connectivity index (χ2n) is 8.95. The number of piperazine rings is 1. The zero-order valence-corrected chi connectivity index (χ0v) is 21.0. The van der Waals surface area contributed by atoms with Crippen LogP contribution >= 0.6 is 24.6 Å². The molecule has 4 rings (SSSR count). The summed E-state index contributed by atoms with van der Waals surface area (Å²) in [4.78, 5) is 8.41. The average molecular weight is 474 g/mol. The molecule has 0 radical (unpaired) electrons. The zero-order valence-electron chi connectivity index (χ0n) is 19.3. The fourth-order valence-corrected chi connectivity index (χ4v) is 4.87. The van der Waals surface area contributed by atoms with E-state index in [1.807, 2.05) is 0 Å². The maximum atomic E-state index is 6.04. The number of halogens is 1. The van der Waals surface area contributed by atoms with Crippen LogP contribution in [0.3, 0.4) is 0 Å². The van der Waals surface area contributed by atoms with E-state index in [2.05, 4.69) is 77.1 Å². The maximum Gasteiger partial charge on any atom is 0.142 e. The lowest BCUT2D eigenvalue weighted by molar-refractivity contribution is 0.235. The summed E-state index contributed by atoms with van der Waals surface area (Å²) in [5, 5.41) is 0. The van der Waals surface area contributed by atoms with Crippen LogP contribution in [-0.2, 0) is 6.54 Å². The Balaban J connectivity index is 0.00000289. The third-order valence-corrected chi connectivity index (χ3v) is 6.66. The lowest BCUT2D eigenvalue weighted by Gasteiger charge is -2.37. The molecular weight excluding hydrogens is 438 g/mol. The molecule has 2 aliphatic rings. The fraction of sp³-hybridized carbons (Fsp3) is 0.500. The highest BCUT2D eigenvalue weighted by molar-refractivity contribution is 7.80. The molecule has 2 aromatic carbocycles. The molecule has 0 saturated carbocycles. The van der Waals surface area contributed by atoms with Gasteiger partial charge in [-0.3, -0.25) is 4.90 Å². The van der Waals surface area contributed by atoms with Gasteiger partial charge < -0.3 is 14.5 Å². The topological polar surface area (TPSA) is 19.0 Å². The highest BCUT2D eigenvalue weighted by Gasteiger charge is 2.21. The lowest BCUT2D eigenvalue weighted by Crippen LogP contribution is -2.46. The van der Waals surface area contributed by atoms with Gasteiger partial charge in [-0.25, -0.2) is 0 Å². The van der Waals surface area contributed by atoms with E-state index in [9.17, 15) is 0 Å². The first-order chi connectivity index (χ1) is 15.1. The number of thiocarbonyl (C=S) groups is 1. The summed E-state index contributed by atoms with van der Waals surface area (Å²) in [7, 11) is 0. The number of likely N-dealkylation sites (tertiary alicyclic amines) is 1. The molecule has 0 bridgehead atoms. The first-order valence-corrected chi connectivity index (χ1v) is 12.1. The van der Waals surface area contributed by atoms with Crippen molar-refractivity contribution in [2.24, 2.45) is 0 Å². The first-order valence-electron chi connectivity index (χ1n) is 11.7. The van der Waals surface area contributed by atoms with Gasteiger partial charge in [0.15, 0.2) is 0 Å². The monoisotopic (exact) mass is 473 g/mol. The van der Waals surface area contributed by atoms with Gasteiger partial charge in [0, 0.05) is 51.4 Å². The Morgan fingerprint density at radius 1 is 0.906 bits per heavy atom. The Labute approximate surface area is 204 Å². The Hall–Kier alpha value is -1.82. The number of para-hydroxylation sites is 2. The van der Waals surface area contributed by atoms with Crippen LogP contribution in [0.15, 0.2) is 48.5 Å². The summed E-state index contributed by atoms with van der Waals surface area (Å²) in [6, 6.07) is 17.3. The van der Waals surface area contributed by atoms with Crippen molar-refractivity contribution in [2.75, 3.05) is 44.2 Å².